The van der Waals surface area contributed by atoms with Gasteiger partial charge in [-0.25, -0.2) is 4.98 Å². The van der Waals surface area contributed by atoms with Crippen LogP contribution in [0.2, 0.25) is 0 Å². The molecular formula is C14H15N3O2. The quantitative estimate of drug-likeness (QED) is 0.771. The summed E-state index contributed by atoms with van der Waals surface area (Å²) in [5.41, 5.74) is 0.920. The lowest BCUT2D eigenvalue weighted by Gasteiger charge is -2.13. The third-order valence-corrected chi connectivity index (χ3v) is 2.89. The molecule has 2 aromatic heterocycles. The van der Waals surface area contributed by atoms with Gasteiger partial charge in [-0.05, 0) is 25.5 Å². The summed E-state index contributed by atoms with van der Waals surface area (Å²) in [6.07, 6.45) is 4.29. The van der Waals surface area contributed by atoms with E-state index in [4.69, 9.17) is 10.00 Å². The number of fused-ring (bicyclic) bond motifs is 1. The predicted octanol–water partition coefficient (Wildman–Crippen LogP) is 2.28. The number of carbonyl (C=O) groups excluding carboxylic acids is 1. The fourth-order valence-corrected chi connectivity index (χ4v) is 2.03. The minimum atomic E-state index is -0.496. The molecule has 0 saturated carbocycles. The number of pyridine rings is 1. The third-order valence-electron chi connectivity index (χ3n) is 2.89. The molecule has 1 atom stereocenters. The molecule has 0 amide bonds. The number of aromatic nitrogens is 2. The molecule has 0 N–H and O–H groups in total. The van der Waals surface area contributed by atoms with E-state index in [-0.39, 0.29) is 5.97 Å². The monoisotopic (exact) mass is 257 g/mol. The van der Waals surface area contributed by atoms with Crippen molar-refractivity contribution in [3.8, 4) is 6.07 Å². The summed E-state index contributed by atoms with van der Waals surface area (Å²) in [6, 6.07) is 7.77. The molecule has 0 spiro atoms. The summed E-state index contributed by atoms with van der Waals surface area (Å²) in [5, 5.41) is 8.71. The molecule has 2 rings (SSSR count). The van der Waals surface area contributed by atoms with Gasteiger partial charge in [-0.15, -0.1) is 0 Å². The van der Waals surface area contributed by atoms with E-state index in [1.54, 1.807) is 13.1 Å². The van der Waals surface area contributed by atoms with Crippen LogP contribution in [0.1, 0.15) is 31.5 Å². The molecular weight excluding hydrogens is 242 g/mol. The Morgan fingerprint density at radius 2 is 2.42 bits per heavy atom. The molecule has 2 aromatic rings. The predicted molar refractivity (Wildman–Crippen MR) is 69.4 cm³/mol. The van der Waals surface area contributed by atoms with Crippen molar-refractivity contribution in [3.63, 3.8) is 0 Å². The Bertz CT molecular complexity index is 612. The number of rotatable bonds is 5. The Labute approximate surface area is 111 Å². The average molecular weight is 257 g/mol. The van der Waals surface area contributed by atoms with Gasteiger partial charge in [0.2, 0.25) is 0 Å². The molecule has 19 heavy (non-hydrogen) atoms. The third kappa shape index (κ3) is 2.74. The highest BCUT2D eigenvalue weighted by atomic mass is 16.5. The normalized spacial score (nSPS) is 12.0. The van der Waals surface area contributed by atoms with Crippen LogP contribution >= 0.6 is 0 Å². The Balaban J connectivity index is 2.37. The Morgan fingerprint density at radius 3 is 3.16 bits per heavy atom. The van der Waals surface area contributed by atoms with E-state index in [1.165, 1.54) is 0 Å². The zero-order valence-corrected chi connectivity index (χ0v) is 10.7. The van der Waals surface area contributed by atoms with Gasteiger partial charge in [0.1, 0.15) is 11.7 Å². The van der Waals surface area contributed by atoms with Crippen molar-refractivity contribution in [3.05, 3.63) is 36.4 Å². The second kappa shape index (κ2) is 6.01. The maximum absolute atomic E-state index is 12.0. The fraction of sp³-hybridized carbons (Fsp3) is 0.357. The fourth-order valence-electron chi connectivity index (χ4n) is 2.03. The second-order valence-electron chi connectivity index (χ2n) is 4.11. The molecule has 0 aromatic carbocycles. The molecule has 0 bridgehead atoms. The van der Waals surface area contributed by atoms with Crippen molar-refractivity contribution in [2.75, 3.05) is 6.61 Å². The van der Waals surface area contributed by atoms with E-state index in [2.05, 4.69) is 11.1 Å². The van der Waals surface area contributed by atoms with E-state index in [9.17, 15) is 4.79 Å². The summed E-state index contributed by atoms with van der Waals surface area (Å²) in [6.45, 7) is 2.09. The summed E-state index contributed by atoms with van der Waals surface area (Å²) >= 11 is 0. The number of nitrogens with zero attached hydrogens (tertiary/aromatic N) is 3. The average Bonchev–Trinajstić information content (AvgIpc) is 2.84. The molecule has 0 aliphatic heterocycles. The van der Waals surface area contributed by atoms with Gasteiger partial charge in [-0.1, -0.05) is 6.07 Å². The van der Waals surface area contributed by atoms with Gasteiger partial charge in [-0.2, -0.15) is 5.26 Å². The van der Waals surface area contributed by atoms with E-state index >= 15 is 0 Å². The highest BCUT2D eigenvalue weighted by Gasteiger charge is 2.25. The Kier molecular flexibility index (Phi) is 4.14. The van der Waals surface area contributed by atoms with E-state index in [0.29, 0.717) is 25.3 Å². The lowest BCUT2D eigenvalue weighted by atomic mass is 10.0. The summed E-state index contributed by atoms with van der Waals surface area (Å²) in [5.74, 6) is -0.192. The molecule has 5 nitrogen and oxygen atoms in total. The van der Waals surface area contributed by atoms with E-state index in [0.717, 1.165) is 5.52 Å². The lowest BCUT2D eigenvalue weighted by molar-refractivity contribution is -0.145. The number of hydrogen-bond donors (Lipinski definition) is 0. The van der Waals surface area contributed by atoms with Crippen LogP contribution in [0, 0.1) is 11.3 Å². The van der Waals surface area contributed by atoms with Crippen LogP contribution in [-0.4, -0.2) is 22.0 Å². The second-order valence-corrected chi connectivity index (χ2v) is 4.11. The molecule has 0 saturated heterocycles. The SMILES string of the molecule is CCOC(=O)C(CCC#N)c1ncc2ccccn12. The van der Waals surface area contributed by atoms with Gasteiger partial charge < -0.3 is 9.14 Å². The van der Waals surface area contributed by atoms with Crippen LogP contribution in [0.5, 0.6) is 0 Å². The molecule has 0 radical (unpaired) electrons. The largest absolute Gasteiger partial charge is 0.465 e. The number of carbonyl (C=O) groups is 1. The lowest BCUT2D eigenvalue weighted by Crippen LogP contribution is -2.18. The molecule has 2 heterocycles. The topological polar surface area (TPSA) is 67.4 Å². The van der Waals surface area contributed by atoms with Gasteiger partial charge >= 0.3 is 5.97 Å². The maximum atomic E-state index is 12.0. The van der Waals surface area contributed by atoms with Crippen molar-refractivity contribution >= 4 is 11.5 Å². The van der Waals surface area contributed by atoms with E-state index in [1.807, 2.05) is 28.8 Å². The van der Waals surface area contributed by atoms with Crippen molar-refractivity contribution < 1.29 is 9.53 Å². The van der Waals surface area contributed by atoms with Crippen LogP contribution in [0.15, 0.2) is 30.6 Å². The van der Waals surface area contributed by atoms with Gasteiger partial charge in [0, 0.05) is 12.6 Å². The zero-order valence-electron chi connectivity index (χ0n) is 10.7. The number of esters is 1. The highest BCUT2D eigenvalue weighted by Crippen LogP contribution is 2.23. The first kappa shape index (κ1) is 13.1. The molecule has 0 aliphatic rings. The number of ether oxygens (including phenoxy) is 1. The number of nitriles is 1. The van der Waals surface area contributed by atoms with Crippen molar-refractivity contribution in [2.45, 2.75) is 25.7 Å². The summed E-state index contributed by atoms with van der Waals surface area (Å²) < 4.78 is 6.93. The standard InChI is InChI=1S/C14H15N3O2/c1-2-19-14(18)12(7-5-8-15)13-16-10-11-6-3-4-9-17(11)13/h3-4,6,9-10,12H,2,5,7H2,1H3. The first-order chi connectivity index (χ1) is 9.27. The molecule has 1 unspecified atom stereocenters. The summed E-state index contributed by atoms with van der Waals surface area (Å²) in [4.78, 5) is 16.3. The van der Waals surface area contributed by atoms with Crippen LogP contribution < -0.4 is 0 Å². The Morgan fingerprint density at radius 1 is 1.58 bits per heavy atom. The Hall–Kier alpha value is -2.35. The zero-order chi connectivity index (χ0) is 13.7. The molecule has 5 heteroatoms. The van der Waals surface area contributed by atoms with Crippen LogP contribution in [-0.2, 0) is 9.53 Å². The first-order valence-corrected chi connectivity index (χ1v) is 6.23. The van der Waals surface area contributed by atoms with E-state index < -0.39 is 5.92 Å². The number of imidazole rings is 1. The van der Waals surface area contributed by atoms with Gasteiger partial charge in [0.15, 0.2) is 0 Å². The number of hydrogen-bond acceptors (Lipinski definition) is 4. The highest BCUT2D eigenvalue weighted by molar-refractivity contribution is 5.77. The summed E-state index contributed by atoms with van der Waals surface area (Å²) in [7, 11) is 0. The van der Waals surface area contributed by atoms with Gasteiger partial charge in [-0.3, -0.25) is 4.79 Å². The molecule has 98 valence electrons. The van der Waals surface area contributed by atoms with Gasteiger partial charge in [0.05, 0.1) is 24.4 Å². The molecule has 0 aliphatic carbocycles. The van der Waals surface area contributed by atoms with Crippen LogP contribution in [0.3, 0.4) is 0 Å². The minimum Gasteiger partial charge on any atom is -0.465 e. The van der Waals surface area contributed by atoms with Crippen molar-refractivity contribution in [1.82, 2.24) is 9.38 Å². The maximum Gasteiger partial charge on any atom is 0.316 e. The van der Waals surface area contributed by atoms with Crippen molar-refractivity contribution in [1.29, 1.82) is 5.26 Å². The van der Waals surface area contributed by atoms with Crippen LogP contribution in [0.4, 0.5) is 0 Å². The van der Waals surface area contributed by atoms with Crippen molar-refractivity contribution in [2.24, 2.45) is 0 Å². The first-order valence-electron chi connectivity index (χ1n) is 6.23. The minimum absolute atomic E-state index is 0.297. The molecule has 0 fully saturated rings. The smallest absolute Gasteiger partial charge is 0.316 e. The van der Waals surface area contributed by atoms with Gasteiger partial charge in [0.25, 0.3) is 0 Å². The van der Waals surface area contributed by atoms with Crippen LogP contribution in [0.25, 0.3) is 5.52 Å².